The van der Waals surface area contributed by atoms with Crippen molar-refractivity contribution in [2.24, 2.45) is 0 Å². The minimum atomic E-state index is -0.694. The van der Waals surface area contributed by atoms with E-state index in [4.69, 9.17) is 16.3 Å². The predicted molar refractivity (Wildman–Crippen MR) is 119 cm³/mol. The van der Waals surface area contributed by atoms with Crippen molar-refractivity contribution in [3.63, 3.8) is 0 Å². The Bertz CT molecular complexity index is 989. The molecule has 0 heterocycles. The molecule has 2 unspecified atom stereocenters. The summed E-state index contributed by atoms with van der Waals surface area (Å²) in [5, 5.41) is 6.35. The Morgan fingerprint density at radius 1 is 0.867 bits per heavy atom. The molecule has 2 N–H and O–H groups in total. The number of halogens is 1. The zero-order chi connectivity index (χ0) is 21.5. The van der Waals surface area contributed by atoms with Gasteiger partial charge in [0.25, 0.3) is 11.8 Å². The van der Waals surface area contributed by atoms with Crippen molar-refractivity contribution in [2.45, 2.75) is 26.0 Å². The van der Waals surface area contributed by atoms with E-state index in [2.05, 4.69) is 10.6 Å². The van der Waals surface area contributed by atoms with Gasteiger partial charge in [0.15, 0.2) is 6.10 Å². The van der Waals surface area contributed by atoms with Crippen LogP contribution in [0.15, 0.2) is 78.9 Å². The summed E-state index contributed by atoms with van der Waals surface area (Å²) in [7, 11) is 0. The molecule has 0 spiro atoms. The van der Waals surface area contributed by atoms with Gasteiger partial charge in [-0.3, -0.25) is 9.59 Å². The van der Waals surface area contributed by atoms with Crippen molar-refractivity contribution in [3.8, 4) is 5.75 Å². The van der Waals surface area contributed by atoms with E-state index in [0.29, 0.717) is 22.0 Å². The third kappa shape index (κ3) is 5.84. The van der Waals surface area contributed by atoms with Crippen molar-refractivity contribution in [2.75, 3.05) is 5.32 Å². The van der Waals surface area contributed by atoms with Gasteiger partial charge in [-0.05, 0) is 67.9 Å². The number of rotatable bonds is 7. The van der Waals surface area contributed by atoms with Gasteiger partial charge >= 0.3 is 0 Å². The Kier molecular flexibility index (Phi) is 7.09. The molecule has 0 saturated heterocycles. The first-order chi connectivity index (χ1) is 14.4. The SMILES string of the molecule is CC(Oc1ccc(Cl)cc1)C(=O)Nc1ccc(C(=O)NC(C)c2ccccc2)cc1. The van der Waals surface area contributed by atoms with Crippen LogP contribution in [-0.4, -0.2) is 17.9 Å². The number of hydrogen-bond donors (Lipinski definition) is 2. The number of carbonyl (C=O) groups excluding carboxylic acids is 2. The van der Waals surface area contributed by atoms with Crippen molar-refractivity contribution in [1.82, 2.24) is 5.32 Å². The molecule has 0 aliphatic heterocycles. The number of anilines is 1. The van der Waals surface area contributed by atoms with E-state index >= 15 is 0 Å². The monoisotopic (exact) mass is 422 g/mol. The Morgan fingerprint density at radius 3 is 2.13 bits per heavy atom. The number of amides is 2. The molecule has 0 aromatic heterocycles. The highest BCUT2D eigenvalue weighted by Gasteiger charge is 2.16. The van der Waals surface area contributed by atoms with Crippen molar-refractivity contribution in [3.05, 3.63) is 95.0 Å². The van der Waals surface area contributed by atoms with Crippen LogP contribution in [0.25, 0.3) is 0 Å². The van der Waals surface area contributed by atoms with Gasteiger partial charge in [-0.25, -0.2) is 0 Å². The first-order valence-corrected chi connectivity index (χ1v) is 9.99. The van der Waals surface area contributed by atoms with Crippen molar-refractivity contribution in [1.29, 1.82) is 0 Å². The molecule has 0 saturated carbocycles. The number of carbonyl (C=O) groups is 2. The molecule has 6 heteroatoms. The molecule has 2 atom stereocenters. The topological polar surface area (TPSA) is 67.4 Å². The molecule has 30 heavy (non-hydrogen) atoms. The van der Waals surface area contributed by atoms with Crippen LogP contribution in [0.5, 0.6) is 5.75 Å². The largest absolute Gasteiger partial charge is 0.481 e. The molecule has 0 aliphatic rings. The molecule has 2 amide bonds. The van der Waals surface area contributed by atoms with Gasteiger partial charge in [-0.2, -0.15) is 0 Å². The maximum absolute atomic E-state index is 12.5. The molecule has 3 aromatic rings. The Balaban J connectivity index is 1.55. The van der Waals surface area contributed by atoms with Gasteiger partial charge in [0.1, 0.15) is 5.75 Å². The first kappa shape index (κ1) is 21.4. The molecule has 0 aliphatic carbocycles. The number of hydrogen-bond acceptors (Lipinski definition) is 3. The average molecular weight is 423 g/mol. The highest BCUT2D eigenvalue weighted by molar-refractivity contribution is 6.30. The van der Waals surface area contributed by atoms with Crippen molar-refractivity contribution >= 4 is 29.1 Å². The fourth-order valence-corrected chi connectivity index (χ4v) is 2.95. The molecule has 0 radical (unpaired) electrons. The molecule has 0 fully saturated rings. The highest BCUT2D eigenvalue weighted by Crippen LogP contribution is 2.18. The minimum Gasteiger partial charge on any atom is -0.481 e. The van der Waals surface area contributed by atoms with E-state index in [0.717, 1.165) is 5.56 Å². The van der Waals surface area contributed by atoms with E-state index in [1.807, 2.05) is 37.3 Å². The first-order valence-electron chi connectivity index (χ1n) is 9.61. The second-order valence-electron chi connectivity index (χ2n) is 6.89. The average Bonchev–Trinajstić information content (AvgIpc) is 2.76. The number of benzene rings is 3. The maximum atomic E-state index is 12.5. The molecule has 3 aromatic carbocycles. The van der Waals surface area contributed by atoms with Crippen LogP contribution in [0.4, 0.5) is 5.69 Å². The van der Waals surface area contributed by atoms with Crippen LogP contribution in [0.2, 0.25) is 5.02 Å². The standard InChI is InChI=1S/C24H23ClN2O3/c1-16(18-6-4-3-5-7-18)26-24(29)19-8-12-21(13-9-19)27-23(28)17(2)30-22-14-10-20(25)11-15-22/h3-17H,1-2H3,(H,26,29)(H,27,28). The minimum absolute atomic E-state index is 0.107. The predicted octanol–water partition coefficient (Wildman–Crippen LogP) is 5.24. The Hall–Kier alpha value is -3.31. The van der Waals surface area contributed by atoms with E-state index in [9.17, 15) is 9.59 Å². The lowest BCUT2D eigenvalue weighted by Gasteiger charge is -2.16. The summed E-state index contributed by atoms with van der Waals surface area (Å²) < 4.78 is 5.62. The third-order valence-corrected chi connectivity index (χ3v) is 4.81. The fraction of sp³-hybridized carbons (Fsp3) is 0.167. The lowest BCUT2D eigenvalue weighted by Crippen LogP contribution is -2.30. The molecular weight excluding hydrogens is 400 g/mol. The Labute approximate surface area is 181 Å². The van der Waals surface area contributed by atoms with E-state index in [1.165, 1.54) is 0 Å². The number of ether oxygens (including phenoxy) is 1. The van der Waals surface area contributed by atoms with E-state index in [1.54, 1.807) is 55.5 Å². The summed E-state index contributed by atoms with van der Waals surface area (Å²) in [6, 6.07) is 23.2. The summed E-state index contributed by atoms with van der Waals surface area (Å²) >= 11 is 5.85. The molecule has 154 valence electrons. The zero-order valence-corrected chi connectivity index (χ0v) is 17.5. The summed E-state index contributed by atoms with van der Waals surface area (Å²) in [5.41, 5.74) is 2.13. The Morgan fingerprint density at radius 2 is 1.50 bits per heavy atom. The van der Waals surface area contributed by atoms with E-state index < -0.39 is 6.10 Å². The van der Waals surface area contributed by atoms with Gasteiger partial charge in [0, 0.05) is 16.3 Å². The van der Waals surface area contributed by atoms with Gasteiger partial charge in [-0.15, -0.1) is 0 Å². The van der Waals surface area contributed by atoms with Gasteiger partial charge < -0.3 is 15.4 Å². The zero-order valence-electron chi connectivity index (χ0n) is 16.8. The van der Waals surface area contributed by atoms with Crippen LogP contribution < -0.4 is 15.4 Å². The van der Waals surface area contributed by atoms with Gasteiger partial charge in [0.05, 0.1) is 6.04 Å². The van der Waals surface area contributed by atoms with Crippen LogP contribution in [0.3, 0.4) is 0 Å². The number of nitrogens with one attached hydrogen (secondary N) is 2. The van der Waals surface area contributed by atoms with Crippen LogP contribution in [0, 0.1) is 0 Å². The normalized spacial score (nSPS) is 12.5. The van der Waals surface area contributed by atoms with Crippen molar-refractivity contribution < 1.29 is 14.3 Å². The van der Waals surface area contributed by atoms with Gasteiger partial charge in [0.2, 0.25) is 0 Å². The lowest BCUT2D eigenvalue weighted by molar-refractivity contribution is -0.122. The van der Waals surface area contributed by atoms with Crippen LogP contribution in [-0.2, 0) is 4.79 Å². The molecular formula is C24H23ClN2O3. The summed E-state index contributed by atoms with van der Waals surface area (Å²) in [6.07, 6.45) is -0.694. The molecule has 0 bridgehead atoms. The third-order valence-electron chi connectivity index (χ3n) is 4.56. The van der Waals surface area contributed by atoms with Gasteiger partial charge in [-0.1, -0.05) is 41.9 Å². The smallest absolute Gasteiger partial charge is 0.265 e. The summed E-state index contributed by atoms with van der Waals surface area (Å²) in [6.45, 7) is 3.60. The summed E-state index contributed by atoms with van der Waals surface area (Å²) in [5.74, 6) is 0.0881. The van der Waals surface area contributed by atoms with E-state index in [-0.39, 0.29) is 17.9 Å². The van der Waals surface area contributed by atoms with Crippen LogP contribution in [0.1, 0.15) is 35.8 Å². The second-order valence-corrected chi connectivity index (χ2v) is 7.32. The summed E-state index contributed by atoms with van der Waals surface area (Å²) in [4.78, 5) is 24.8. The van der Waals surface area contributed by atoms with Crippen LogP contribution >= 0.6 is 11.6 Å². The second kappa shape index (κ2) is 9.94. The quantitative estimate of drug-likeness (QED) is 0.547. The fourth-order valence-electron chi connectivity index (χ4n) is 2.82. The maximum Gasteiger partial charge on any atom is 0.265 e. The highest BCUT2D eigenvalue weighted by atomic mass is 35.5. The molecule has 3 rings (SSSR count). The molecule has 5 nitrogen and oxygen atoms in total. The lowest BCUT2D eigenvalue weighted by atomic mass is 10.1.